The van der Waals surface area contributed by atoms with E-state index >= 15 is 0 Å². The Labute approximate surface area is 126 Å². The fraction of sp³-hybridized carbons (Fsp3) is 0.267. The van der Waals surface area contributed by atoms with Crippen molar-refractivity contribution < 1.29 is 14.3 Å². The standard InChI is InChI=1S/C15H14N2O3S/c1-2-14-16-8-12(21-14)15(19)20-10-5-3-9-4-6-13(18)17-11(9)7-10/h3,5,7-8H,2,4,6H2,1H3,(H,17,18). The number of amides is 1. The molecule has 1 aromatic carbocycles. The van der Waals surface area contributed by atoms with Crippen LogP contribution in [-0.4, -0.2) is 16.9 Å². The molecule has 2 aromatic rings. The monoisotopic (exact) mass is 302 g/mol. The molecule has 0 radical (unpaired) electrons. The summed E-state index contributed by atoms with van der Waals surface area (Å²) in [5.74, 6) is -0.0114. The molecule has 0 saturated heterocycles. The number of benzene rings is 1. The van der Waals surface area contributed by atoms with Crippen LogP contribution in [0.4, 0.5) is 5.69 Å². The van der Waals surface area contributed by atoms with Crippen LogP contribution in [0.5, 0.6) is 5.75 Å². The quantitative estimate of drug-likeness (QED) is 0.699. The van der Waals surface area contributed by atoms with E-state index in [2.05, 4.69) is 10.3 Å². The van der Waals surface area contributed by atoms with Crippen molar-refractivity contribution in [3.05, 3.63) is 39.8 Å². The first kappa shape index (κ1) is 13.8. The van der Waals surface area contributed by atoms with E-state index in [4.69, 9.17) is 4.74 Å². The number of hydrogen-bond donors (Lipinski definition) is 1. The van der Waals surface area contributed by atoms with Crippen LogP contribution in [0.15, 0.2) is 24.4 Å². The Morgan fingerprint density at radius 1 is 1.43 bits per heavy atom. The third-order valence-corrected chi connectivity index (χ3v) is 4.37. The van der Waals surface area contributed by atoms with E-state index < -0.39 is 5.97 Å². The van der Waals surface area contributed by atoms with E-state index in [1.165, 1.54) is 17.5 Å². The number of fused-ring (bicyclic) bond motifs is 1. The highest BCUT2D eigenvalue weighted by atomic mass is 32.1. The van der Waals surface area contributed by atoms with E-state index in [1.807, 2.05) is 13.0 Å². The summed E-state index contributed by atoms with van der Waals surface area (Å²) in [5, 5.41) is 3.69. The number of nitrogens with zero attached hydrogens (tertiary/aromatic N) is 1. The molecule has 0 unspecified atom stereocenters. The van der Waals surface area contributed by atoms with Gasteiger partial charge in [-0.05, 0) is 24.5 Å². The van der Waals surface area contributed by atoms with Crippen molar-refractivity contribution in [3.63, 3.8) is 0 Å². The first-order chi connectivity index (χ1) is 10.2. The molecule has 3 rings (SSSR count). The van der Waals surface area contributed by atoms with Crippen molar-refractivity contribution in [2.45, 2.75) is 26.2 Å². The molecule has 0 saturated carbocycles. The maximum atomic E-state index is 12.0. The lowest BCUT2D eigenvalue weighted by atomic mass is 10.0. The molecule has 1 N–H and O–H groups in total. The van der Waals surface area contributed by atoms with Gasteiger partial charge in [0.05, 0.1) is 11.2 Å². The van der Waals surface area contributed by atoms with E-state index in [0.717, 1.165) is 22.7 Å². The van der Waals surface area contributed by atoms with Crippen molar-refractivity contribution in [1.29, 1.82) is 0 Å². The largest absolute Gasteiger partial charge is 0.422 e. The first-order valence-corrected chi connectivity index (χ1v) is 7.57. The summed E-state index contributed by atoms with van der Waals surface area (Å²) < 4.78 is 5.34. The summed E-state index contributed by atoms with van der Waals surface area (Å²) >= 11 is 1.33. The number of carbonyl (C=O) groups is 2. The molecule has 1 aromatic heterocycles. The predicted octanol–water partition coefficient (Wildman–Crippen LogP) is 2.81. The van der Waals surface area contributed by atoms with Crippen molar-refractivity contribution >= 4 is 28.9 Å². The second-order valence-electron chi connectivity index (χ2n) is 4.73. The second kappa shape index (κ2) is 5.65. The second-order valence-corrected chi connectivity index (χ2v) is 5.84. The number of anilines is 1. The zero-order valence-electron chi connectivity index (χ0n) is 11.5. The number of hydrogen-bond acceptors (Lipinski definition) is 5. The number of nitrogens with one attached hydrogen (secondary N) is 1. The third-order valence-electron chi connectivity index (χ3n) is 3.24. The van der Waals surface area contributed by atoms with Gasteiger partial charge in [-0.3, -0.25) is 4.79 Å². The Morgan fingerprint density at radius 3 is 3.05 bits per heavy atom. The van der Waals surface area contributed by atoms with Gasteiger partial charge in [0.15, 0.2) is 0 Å². The molecule has 21 heavy (non-hydrogen) atoms. The molecule has 6 heteroatoms. The number of aromatic nitrogens is 1. The number of carbonyl (C=O) groups excluding carboxylic acids is 2. The minimum Gasteiger partial charge on any atom is -0.422 e. The smallest absolute Gasteiger partial charge is 0.355 e. The summed E-state index contributed by atoms with van der Waals surface area (Å²) in [6, 6.07) is 5.31. The van der Waals surface area contributed by atoms with Gasteiger partial charge in [-0.2, -0.15) is 0 Å². The summed E-state index contributed by atoms with van der Waals surface area (Å²) in [7, 11) is 0. The lowest BCUT2D eigenvalue weighted by Crippen LogP contribution is -2.19. The average molecular weight is 302 g/mol. The van der Waals surface area contributed by atoms with Gasteiger partial charge in [0.2, 0.25) is 5.91 Å². The van der Waals surface area contributed by atoms with Crippen LogP contribution >= 0.6 is 11.3 Å². The molecule has 1 aliphatic rings. The number of ether oxygens (including phenoxy) is 1. The van der Waals surface area contributed by atoms with Gasteiger partial charge in [0.25, 0.3) is 0 Å². The SMILES string of the molecule is CCc1ncc(C(=O)Oc2ccc3c(c2)NC(=O)CC3)s1. The van der Waals surface area contributed by atoms with Gasteiger partial charge < -0.3 is 10.1 Å². The molecule has 0 aliphatic carbocycles. The Bertz CT molecular complexity index is 709. The molecule has 0 fully saturated rings. The average Bonchev–Trinajstić information content (AvgIpc) is 2.96. The molecular formula is C15H14N2O3S. The fourth-order valence-corrected chi connectivity index (χ4v) is 2.87. The number of aryl methyl sites for hydroxylation is 2. The van der Waals surface area contributed by atoms with Crippen molar-refractivity contribution in [2.24, 2.45) is 0 Å². The van der Waals surface area contributed by atoms with Crippen LogP contribution in [0.25, 0.3) is 0 Å². The van der Waals surface area contributed by atoms with Gasteiger partial charge in [0, 0.05) is 18.2 Å². The highest BCUT2D eigenvalue weighted by Crippen LogP contribution is 2.28. The normalized spacial score (nSPS) is 13.5. The van der Waals surface area contributed by atoms with Crippen LogP contribution in [0.2, 0.25) is 0 Å². The van der Waals surface area contributed by atoms with Gasteiger partial charge in [-0.25, -0.2) is 9.78 Å². The topological polar surface area (TPSA) is 68.3 Å². The fourth-order valence-electron chi connectivity index (χ4n) is 2.14. The summed E-state index contributed by atoms with van der Waals surface area (Å²) in [6.07, 6.45) is 3.53. The summed E-state index contributed by atoms with van der Waals surface area (Å²) in [4.78, 5) is 28.0. The Balaban J connectivity index is 1.77. The van der Waals surface area contributed by atoms with E-state index in [-0.39, 0.29) is 5.91 Å². The molecular weight excluding hydrogens is 288 g/mol. The van der Waals surface area contributed by atoms with E-state index in [0.29, 0.717) is 23.5 Å². The minimum absolute atomic E-state index is 0.0129. The summed E-state index contributed by atoms with van der Waals surface area (Å²) in [5.41, 5.74) is 1.77. The van der Waals surface area contributed by atoms with Gasteiger partial charge >= 0.3 is 5.97 Å². The predicted molar refractivity (Wildman–Crippen MR) is 79.8 cm³/mol. The molecule has 0 bridgehead atoms. The molecule has 108 valence electrons. The van der Waals surface area contributed by atoms with E-state index in [1.54, 1.807) is 12.1 Å². The van der Waals surface area contributed by atoms with Crippen molar-refractivity contribution in [2.75, 3.05) is 5.32 Å². The van der Waals surface area contributed by atoms with Crippen molar-refractivity contribution in [3.8, 4) is 5.75 Å². The van der Waals surface area contributed by atoms with Crippen LogP contribution in [0, 0.1) is 0 Å². The maximum absolute atomic E-state index is 12.0. The molecule has 1 amide bonds. The first-order valence-electron chi connectivity index (χ1n) is 6.75. The number of rotatable bonds is 3. The Hall–Kier alpha value is -2.21. The van der Waals surface area contributed by atoms with Crippen molar-refractivity contribution in [1.82, 2.24) is 4.98 Å². The van der Waals surface area contributed by atoms with Gasteiger partial charge in [0.1, 0.15) is 10.6 Å². The highest BCUT2D eigenvalue weighted by molar-refractivity contribution is 7.13. The van der Waals surface area contributed by atoms with Gasteiger partial charge in [-0.1, -0.05) is 13.0 Å². The van der Waals surface area contributed by atoms with Gasteiger partial charge in [-0.15, -0.1) is 11.3 Å². The zero-order valence-corrected chi connectivity index (χ0v) is 12.3. The number of esters is 1. The minimum atomic E-state index is -0.422. The molecule has 5 nitrogen and oxygen atoms in total. The lowest BCUT2D eigenvalue weighted by Gasteiger charge is -2.17. The maximum Gasteiger partial charge on any atom is 0.355 e. The van der Waals surface area contributed by atoms with Crippen LogP contribution < -0.4 is 10.1 Å². The van der Waals surface area contributed by atoms with E-state index in [9.17, 15) is 9.59 Å². The molecule has 1 aliphatic heterocycles. The highest BCUT2D eigenvalue weighted by Gasteiger charge is 2.17. The Kier molecular flexibility index (Phi) is 3.70. The molecule has 0 atom stereocenters. The molecule has 0 spiro atoms. The zero-order chi connectivity index (χ0) is 14.8. The Morgan fingerprint density at radius 2 is 2.29 bits per heavy atom. The summed E-state index contributed by atoms with van der Waals surface area (Å²) in [6.45, 7) is 1.99. The van der Waals surface area contributed by atoms with Crippen LogP contribution in [-0.2, 0) is 17.6 Å². The van der Waals surface area contributed by atoms with Crippen LogP contribution in [0.1, 0.15) is 33.6 Å². The number of thiazole rings is 1. The lowest BCUT2D eigenvalue weighted by molar-refractivity contribution is -0.116. The third kappa shape index (κ3) is 2.95. The molecule has 2 heterocycles. The van der Waals surface area contributed by atoms with Crippen LogP contribution in [0.3, 0.4) is 0 Å².